The summed E-state index contributed by atoms with van der Waals surface area (Å²) in [5.41, 5.74) is -1.15. The maximum atomic E-state index is 14.6. The predicted octanol–water partition coefficient (Wildman–Crippen LogP) is 6.60. The molecule has 0 unspecified atom stereocenters. The van der Waals surface area contributed by atoms with Crippen molar-refractivity contribution in [3.8, 4) is 11.5 Å². The molecule has 3 aromatic rings. The Morgan fingerprint density at radius 2 is 1.62 bits per heavy atom. The number of hydrogen-bond acceptors (Lipinski definition) is 2. The van der Waals surface area contributed by atoms with Gasteiger partial charge in [0.15, 0.2) is 34.9 Å². The van der Waals surface area contributed by atoms with Crippen LogP contribution < -0.4 is 9.47 Å². The van der Waals surface area contributed by atoms with E-state index < -0.39 is 40.1 Å². The first-order valence-corrected chi connectivity index (χ1v) is 8.43. The number of methoxy groups -OCH3 is 1. The average molecular weight is 406 g/mol. The molecule has 0 aliphatic rings. The smallest absolute Gasteiger partial charge is 0.175 e. The minimum Gasteiger partial charge on any atom is -0.497 e. The largest absolute Gasteiger partial charge is 0.497 e. The summed E-state index contributed by atoms with van der Waals surface area (Å²) < 4.78 is 82.7. The van der Waals surface area contributed by atoms with E-state index in [1.165, 1.54) is 49.6 Å². The van der Waals surface area contributed by atoms with E-state index in [0.717, 1.165) is 6.07 Å². The van der Waals surface area contributed by atoms with Crippen molar-refractivity contribution in [3.05, 3.63) is 83.7 Å². The van der Waals surface area contributed by atoms with E-state index in [1.54, 1.807) is 0 Å². The second-order valence-electron chi connectivity index (χ2n) is 5.98. The monoisotopic (exact) mass is 406 g/mol. The van der Waals surface area contributed by atoms with E-state index in [2.05, 4.69) is 6.58 Å². The highest BCUT2D eigenvalue weighted by molar-refractivity contribution is 5.91. The van der Waals surface area contributed by atoms with Gasteiger partial charge in [-0.1, -0.05) is 18.7 Å². The van der Waals surface area contributed by atoms with Crippen LogP contribution in [0.15, 0.2) is 55.1 Å². The highest BCUT2D eigenvalue weighted by atomic mass is 19.2. The molecular formula is C22H15F5O2. The third-order valence-corrected chi connectivity index (χ3v) is 4.22. The summed E-state index contributed by atoms with van der Waals surface area (Å²) in [5, 5.41) is -0.870. The standard InChI is InChI=1S/C22H15F5O2/c1-3-10-29-16-9-6-13-11-15(20(25)22(27)17(13)21(16)26)19(24)18(23)12-4-7-14(28-2)8-5-12/h3-9,11H,1,10H2,2H3. The quantitative estimate of drug-likeness (QED) is 0.261. The van der Waals surface area contributed by atoms with Crippen LogP contribution in [0.1, 0.15) is 11.1 Å². The molecule has 7 heteroatoms. The summed E-state index contributed by atoms with van der Waals surface area (Å²) >= 11 is 0. The second-order valence-corrected chi connectivity index (χ2v) is 5.98. The van der Waals surface area contributed by atoms with Gasteiger partial charge in [-0.2, -0.15) is 0 Å². The van der Waals surface area contributed by atoms with E-state index in [1.807, 2.05) is 0 Å². The Balaban J connectivity index is 2.14. The lowest BCUT2D eigenvalue weighted by molar-refractivity contribution is 0.343. The van der Waals surface area contributed by atoms with Crippen molar-refractivity contribution in [2.45, 2.75) is 0 Å². The van der Waals surface area contributed by atoms with Crippen LogP contribution >= 0.6 is 0 Å². The number of hydrogen-bond donors (Lipinski definition) is 0. The summed E-state index contributed by atoms with van der Waals surface area (Å²) in [6, 6.07) is 8.48. The molecule has 0 N–H and O–H groups in total. The van der Waals surface area contributed by atoms with Crippen molar-refractivity contribution in [2.24, 2.45) is 0 Å². The molecule has 0 saturated carbocycles. The van der Waals surface area contributed by atoms with E-state index in [4.69, 9.17) is 9.47 Å². The maximum Gasteiger partial charge on any atom is 0.175 e. The Labute approximate surface area is 163 Å². The minimum absolute atomic E-state index is 0.0466. The third-order valence-electron chi connectivity index (χ3n) is 4.22. The molecule has 0 spiro atoms. The molecule has 0 atom stereocenters. The Bertz CT molecular complexity index is 1100. The first kappa shape index (κ1) is 20.4. The van der Waals surface area contributed by atoms with E-state index >= 15 is 0 Å². The lowest BCUT2D eigenvalue weighted by Crippen LogP contribution is -2.00. The number of ether oxygens (including phenoxy) is 2. The molecule has 0 heterocycles. The lowest BCUT2D eigenvalue weighted by Gasteiger charge is -2.11. The zero-order valence-corrected chi connectivity index (χ0v) is 15.2. The van der Waals surface area contributed by atoms with Gasteiger partial charge in [-0.25, -0.2) is 22.0 Å². The fourth-order valence-electron chi connectivity index (χ4n) is 2.76. The van der Waals surface area contributed by atoms with Crippen molar-refractivity contribution in [1.82, 2.24) is 0 Å². The second kappa shape index (κ2) is 8.34. The summed E-state index contributed by atoms with van der Waals surface area (Å²) in [6.45, 7) is 3.36. The average Bonchev–Trinajstić information content (AvgIpc) is 2.74. The van der Waals surface area contributed by atoms with Gasteiger partial charge in [0.1, 0.15) is 12.4 Å². The van der Waals surface area contributed by atoms with E-state index in [0.29, 0.717) is 5.75 Å². The van der Waals surface area contributed by atoms with Gasteiger partial charge in [0.2, 0.25) is 0 Å². The van der Waals surface area contributed by atoms with Crippen LogP contribution in [0.4, 0.5) is 22.0 Å². The molecule has 0 amide bonds. The molecule has 0 saturated heterocycles. The molecule has 3 aromatic carbocycles. The molecule has 3 rings (SSSR count). The summed E-state index contributed by atoms with van der Waals surface area (Å²) in [6.07, 6.45) is 1.35. The fraction of sp³-hybridized carbons (Fsp3) is 0.0909. The van der Waals surface area contributed by atoms with Gasteiger partial charge in [0, 0.05) is 5.56 Å². The summed E-state index contributed by atoms with van der Waals surface area (Å²) in [4.78, 5) is 0. The van der Waals surface area contributed by atoms with Gasteiger partial charge < -0.3 is 9.47 Å². The third kappa shape index (κ3) is 3.81. The Morgan fingerprint density at radius 3 is 2.24 bits per heavy atom. The van der Waals surface area contributed by atoms with Crippen LogP contribution in [-0.4, -0.2) is 13.7 Å². The van der Waals surface area contributed by atoms with Gasteiger partial charge in [0.05, 0.1) is 18.1 Å². The molecule has 2 nitrogen and oxygen atoms in total. The normalized spacial score (nSPS) is 11.9. The van der Waals surface area contributed by atoms with Gasteiger partial charge in [-0.05, 0) is 41.8 Å². The molecule has 0 aliphatic heterocycles. The number of halogens is 5. The van der Waals surface area contributed by atoms with Crippen molar-refractivity contribution in [2.75, 3.05) is 13.7 Å². The van der Waals surface area contributed by atoms with E-state index in [-0.39, 0.29) is 23.3 Å². The van der Waals surface area contributed by atoms with Crippen molar-refractivity contribution >= 4 is 22.4 Å². The first-order valence-electron chi connectivity index (χ1n) is 8.43. The number of rotatable bonds is 6. The van der Waals surface area contributed by atoms with Crippen LogP contribution in [0.2, 0.25) is 0 Å². The Kier molecular flexibility index (Phi) is 5.87. The molecule has 0 radical (unpaired) electrons. The highest BCUT2D eigenvalue weighted by Gasteiger charge is 2.23. The number of fused-ring (bicyclic) bond motifs is 1. The van der Waals surface area contributed by atoms with Crippen molar-refractivity contribution < 1.29 is 31.4 Å². The van der Waals surface area contributed by atoms with Crippen molar-refractivity contribution in [3.63, 3.8) is 0 Å². The molecule has 0 aliphatic carbocycles. The zero-order chi connectivity index (χ0) is 21.1. The van der Waals surface area contributed by atoms with Gasteiger partial charge >= 0.3 is 0 Å². The Morgan fingerprint density at radius 1 is 0.931 bits per heavy atom. The molecule has 29 heavy (non-hydrogen) atoms. The molecular weight excluding hydrogens is 391 g/mol. The van der Waals surface area contributed by atoms with Gasteiger partial charge in [-0.3, -0.25) is 0 Å². The Hall–Kier alpha value is -3.35. The minimum atomic E-state index is -1.71. The van der Waals surface area contributed by atoms with Crippen LogP contribution in [-0.2, 0) is 0 Å². The van der Waals surface area contributed by atoms with E-state index in [9.17, 15) is 22.0 Å². The molecule has 0 aromatic heterocycles. The van der Waals surface area contributed by atoms with Crippen LogP contribution in [0.25, 0.3) is 22.4 Å². The summed E-state index contributed by atoms with van der Waals surface area (Å²) in [5.74, 6) is -7.40. The number of benzene rings is 3. The van der Waals surface area contributed by atoms with Gasteiger partial charge in [0.25, 0.3) is 0 Å². The SMILES string of the molecule is C=CCOc1ccc2cc(C(F)=C(F)c3ccc(OC)cc3)c(F)c(F)c2c1F. The highest BCUT2D eigenvalue weighted by Crippen LogP contribution is 2.37. The van der Waals surface area contributed by atoms with Crippen LogP contribution in [0.5, 0.6) is 11.5 Å². The van der Waals surface area contributed by atoms with Crippen molar-refractivity contribution in [1.29, 1.82) is 0 Å². The van der Waals surface area contributed by atoms with Gasteiger partial charge in [-0.15, -0.1) is 0 Å². The lowest BCUT2D eigenvalue weighted by atomic mass is 10.0. The topological polar surface area (TPSA) is 18.5 Å². The first-order chi connectivity index (χ1) is 13.9. The zero-order valence-electron chi connectivity index (χ0n) is 15.2. The fourth-order valence-corrected chi connectivity index (χ4v) is 2.76. The van der Waals surface area contributed by atoms with Crippen LogP contribution in [0, 0.1) is 17.5 Å². The predicted molar refractivity (Wildman–Crippen MR) is 102 cm³/mol. The summed E-state index contributed by atoms with van der Waals surface area (Å²) in [7, 11) is 1.40. The maximum absolute atomic E-state index is 14.6. The molecule has 150 valence electrons. The molecule has 0 bridgehead atoms. The van der Waals surface area contributed by atoms with Crippen LogP contribution in [0.3, 0.4) is 0 Å². The molecule has 0 fully saturated rings.